The number of rotatable bonds is 57. The molecule has 0 rings (SSSR count). The number of hydrogen-bond acceptors (Lipinski definition) is 3. The van der Waals surface area contributed by atoms with Gasteiger partial charge < -0.3 is 14.6 Å². The topological polar surface area (TPSA) is 38.7 Å². The first-order valence-corrected chi connectivity index (χ1v) is 30.6. The summed E-state index contributed by atoms with van der Waals surface area (Å²) < 4.78 is 13.8. The van der Waals surface area contributed by atoms with Crippen molar-refractivity contribution in [3.8, 4) is 0 Å². The Morgan fingerprint density at radius 2 is 0.484 bits per heavy atom. The first-order chi connectivity index (χ1) is 31.6. The van der Waals surface area contributed by atoms with E-state index in [-0.39, 0.29) is 12.0 Å². The number of aliphatic hydroxyl groups is 1. The van der Waals surface area contributed by atoms with Gasteiger partial charge >= 0.3 is 0 Å². The third-order valence-electron chi connectivity index (χ3n) is 14.8. The molecule has 0 bridgehead atoms. The van der Waals surface area contributed by atoms with Crippen LogP contribution in [0.25, 0.3) is 0 Å². The van der Waals surface area contributed by atoms with Crippen molar-refractivity contribution in [3.63, 3.8) is 0 Å². The minimum absolute atomic E-state index is 0.159. The van der Waals surface area contributed by atoms with Crippen LogP contribution in [-0.4, -0.2) is 30.2 Å². The summed E-state index contributed by atoms with van der Waals surface area (Å²) in [7, 11) is 0. The van der Waals surface area contributed by atoms with Gasteiger partial charge in [0.2, 0.25) is 0 Å². The highest BCUT2D eigenvalue weighted by Crippen LogP contribution is 2.37. The van der Waals surface area contributed by atoms with Crippen molar-refractivity contribution < 1.29 is 14.6 Å². The number of hydrogen-bond donors (Lipinski definition) is 1. The van der Waals surface area contributed by atoms with Crippen LogP contribution in [0, 0.1) is 5.92 Å². The molecule has 0 saturated carbocycles. The van der Waals surface area contributed by atoms with Gasteiger partial charge in [-0.1, -0.05) is 330 Å². The maximum absolute atomic E-state index is 13.0. The van der Waals surface area contributed by atoms with Gasteiger partial charge in [0, 0.05) is 12.5 Å². The van der Waals surface area contributed by atoms with Crippen molar-refractivity contribution in [2.75, 3.05) is 13.2 Å². The van der Waals surface area contributed by atoms with E-state index in [1.807, 2.05) is 0 Å². The van der Waals surface area contributed by atoms with Crippen LogP contribution < -0.4 is 0 Å². The fraction of sp³-hybridized carbons (Fsp3) is 1.00. The van der Waals surface area contributed by atoms with Crippen molar-refractivity contribution in [1.82, 2.24) is 0 Å². The molecule has 0 aliphatic carbocycles. The fourth-order valence-electron chi connectivity index (χ4n) is 10.3. The summed E-state index contributed by atoms with van der Waals surface area (Å²) in [6.45, 7) is 12.9. The Labute approximate surface area is 406 Å². The summed E-state index contributed by atoms with van der Waals surface area (Å²) in [5.41, 5.74) is 0. The first-order valence-electron chi connectivity index (χ1n) is 30.6. The van der Waals surface area contributed by atoms with Crippen LogP contribution in [0.5, 0.6) is 0 Å². The summed E-state index contributed by atoms with van der Waals surface area (Å²) in [6, 6.07) is 0. The van der Waals surface area contributed by atoms with Crippen LogP contribution in [-0.2, 0) is 9.47 Å². The Hall–Kier alpha value is -0.120. The van der Waals surface area contributed by atoms with Crippen LogP contribution in [0.15, 0.2) is 0 Å². The molecule has 3 atom stereocenters. The minimum Gasteiger partial charge on any atom is -0.373 e. The molecule has 0 fully saturated rings. The Kier molecular flexibility index (Phi) is 53.7. The van der Waals surface area contributed by atoms with Gasteiger partial charge in [-0.05, 0) is 32.1 Å². The molecule has 0 aromatic rings. The predicted molar refractivity (Wildman–Crippen MR) is 288 cm³/mol. The maximum atomic E-state index is 13.0. The molecule has 0 aliphatic rings. The zero-order chi connectivity index (χ0) is 46.5. The molecule has 0 saturated heterocycles. The Bertz CT molecular complexity index is 830. The van der Waals surface area contributed by atoms with Gasteiger partial charge in [-0.15, -0.1) is 0 Å². The molecule has 1 N–H and O–H groups in total. The molecule has 0 heterocycles. The molecule has 386 valence electrons. The van der Waals surface area contributed by atoms with E-state index in [1.54, 1.807) is 0 Å². The molecular formula is C61H124O3. The van der Waals surface area contributed by atoms with E-state index in [0.29, 0.717) is 6.61 Å². The molecule has 0 aromatic carbocycles. The molecule has 0 aromatic heterocycles. The molecule has 3 heteroatoms. The molecular weight excluding hydrogens is 781 g/mol. The highest BCUT2D eigenvalue weighted by Gasteiger charge is 2.45. The molecule has 0 radical (unpaired) electrons. The van der Waals surface area contributed by atoms with E-state index in [0.717, 1.165) is 45.1 Å². The van der Waals surface area contributed by atoms with Gasteiger partial charge in [0.25, 0.3) is 0 Å². The van der Waals surface area contributed by atoms with Crippen molar-refractivity contribution in [2.45, 2.75) is 374 Å². The average molecular weight is 906 g/mol. The first kappa shape index (κ1) is 63.9. The lowest BCUT2D eigenvalue weighted by molar-refractivity contribution is -0.299. The standard InChI is InChI=1S/C61H124O3/c1-6-11-16-20-23-26-28-30-32-34-36-38-40-42-46-50-55-59(54-49-45-19-14-9-4)61(62,64-58-52-15-10-5)60(56-51-47-43-25-22-18-13-8-3)63-57-53-48-44-41-39-37-35-33-31-29-27-24-21-17-12-7-2/h59-60,62H,6-58H2,1-5H3. The van der Waals surface area contributed by atoms with Gasteiger partial charge in [-0.25, -0.2) is 0 Å². The van der Waals surface area contributed by atoms with Gasteiger partial charge in [0.1, 0.15) is 6.10 Å². The van der Waals surface area contributed by atoms with Gasteiger partial charge in [0.15, 0.2) is 5.79 Å². The van der Waals surface area contributed by atoms with Gasteiger partial charge in [-0.2, -0.15) is 0 Å². The molecule has 3 nitrogen and oxygen atoms in total. The van der Waals surface area contributed by atoms with Crippen molar-refractivity contribution >= 4 is 0 Å². The van der Waals surface area contributed by atoms with Crippen LogP contribution >= 0.6 is 0 Å². The van der Waals surface area contributed by atoms with E-state index in [2.05, 4.69) is 34.6 Å². The molecule has 3 unspecified atom stereocenters. The third-order valence-corrected chi connectivity index (χ3v) is 14.8. The Morgan fingerprint density at radius 3 is 0.781 bits per heavy atom. The third kappa shape index (κ3) is 43.2. The van der Waals surface area contributed by atoms with Gasteiger partial charge in [-0.3, -0.25) is 0 Å². The Balaban J connectivity index is 5.23. The van der Waals surface area contributed by atoms with E-state index in [1.165, 1.54) is 289 Å². The van der Waals surface area contributed by atoms with Crippen LogP contribution in [0.2, 0.25) is 0 Å². The smallest absolute Gasteiger partial charge is 0.195 e. The maximum Gasteiger partial charge on any atom is 0.195 e. The van der Waals surface area contributed by atoms with Crippen molar-refractivity contribution in [1.29, 1.82) is 0 Å². The minimum atomic E-state index is -1.18. The summed E-state index contributed by atoms with van der Waals surface area (Å²) in [5, 5.41) is 13.0. The summed E-state index contributed by atoms with van der Waals surface area (Å²) in [4.78, 5) is 0. The molecule has 0 spiro atoms. The number of ether oxygens (including phenoxy) is 2. The van der Waals surface area contributed by atoms with Crippen LogP contribution in [0.1, 0.15) is 362 Å². The molecule has 64 heavy (non-hydrogen) atoms. The van der Waals surface area contributed by atoms with Crippen LogP contribution in [0.3, 0.4) is 0 Å². The summed E-state index contributed by atoms with van der Waals surface area (Å²) in [6.07, 6.45) is 67.7. The average Bonchev–Trinajstić information content (AvgIpc) is 3.30. The Morgan fingerprint density at radius 1 is 0.266 bits per heavy atom. The predicted octanol–water partition coefficient (Wildman–Crippen LogP) is 21.7. The second-order valence-electron chi connectivity index (χ2n) is 21.2. The quantitative estimate of drug-likeness (QED) is 0.0488. The summed E-state index contributed by atoms with van der Waals surface area (Å²) in [5.74, 6) is -1.02. The van der Waals surface area contributed by atoms with E-state index in [4.69, 9.17) is 9.47 Å². The van der Waals surface area contributed by atoms with Crippen molar-refractivity contribution in [2.24, 2.45) is 5.92 Å². The van der Waals surface area contributed by atoms with E-state index >= 15 is 0 Å². The zero-order valence-electron chi connectivity index (χ0n) is 45.4. The van der Waals surface area contributed by atoms with E-state index in [9.17, 15) is 5.11 Å². The van der Waals surface area contributed by atoms with E-state index < -0.39 is 5.79 Å². The SMILES string of the molecule is CCCCCCCCCCCCCCCCCCOC(CCCCCCCCCC)C(O)(OCCCCC)C(CCCCCCC)CCCCCCCCCCCCCCCCCC. The zero-order valence-corrected chi connectivity index (χ0v) is 45.4. The summed E-state index contributed by atoms with van der Waals surface area (Å²) >= 11 is 0. The number of unbranched alkanes of at least 4 members (excludes halogenated alkanes) is 43. The highest BCUT2D eigenvalue weighted by molar-refractivity contribution is 4.87. The lowest BCUT2D eigenvalue weighted by atomic mass is 9.82. The lowest BCUT2D eigenvalue weighted by Gasteiger charge is -2.42. The van der Waals surface area contributed by atoms with Crippen molar-refractivity contribution in [3.05, 3.63) is 0 Å². The second kappa shape index (κ2) is 53.8. The fourth-order valence-corrected chi connectivity index (χ4v) is 10.3. The second-order valence-corrected chi connectivity index (χ2v) is 21.2. The largest absolute Gasteiger partial charge is 0.373 e. The van der Waals surface area contributed by atoms with Crippen LogP contribution in [0.4, 0.5) is 0 Å². The highest BCUT2D eigenvalue weighted by atomic mass is 16.7. The molecule has 0 amide bonds. The van der Waals surface area contributed by atoms with Gasteiger partial charge in [0.05, 0.1) is 6.61 Å². The molecule has 0 aliphatic heterocycles. The lowest BCUT2D eigenvalue weighted by Crippen LogP contribution is -2.53. The monoisotopic (exact) mass is 905 g/mol. The normalized spacial score (nSPS) is 13.8.